The molecule has 1 heteroatoms. The summed E-state index contributed by atoms with van der Waals surface area (Å²) in [5, 5.41) is 8.24. The van der Waals surface area contributed by atoms with Gasteiger partial charge in [-0.05, 0) is 11.8 Å². The summed E-state index contributed by atoms with van der Waals surface area (Å²) >= 11 is 0. The van der Waals surface area contributed by atoms with Crippen LogP contribution in [0.1, 0.15) is 27.2 Å². The quantitative estimate of drug-likeness (QED) is 0.536. The Morgan fingerprint density at radius 3 is 2.00 bits per heavy atom. The van der Waals surface area contributed by atoms with Gasteiger partial charge < -0.3 is 0 Å². The molecule has 46 valence electrons. The Hall–Kier alpha value is -0.510. The second kappa shape index (κ2) is 3.49. The van der Waals surface area contributed by atoms with Gasteiger partial charge in [0.15, 0.2) is 0 Å². The normalized spacial score (nSPS) is 13.4. The Bertz CT molecular complexity index is 89.1. The molecular formula is C7H13N. The molecule has 0 N–H and O–H groups in total. The highest BCUT2D eigenvalue weighted by atomic mass is 14.2. The highest BCUT2D eigenvalue weighted by Crippen LogP contribution is 2.11. The lowest BCUT2D eigenvalue weighted by Crippen LogP contribution is -2.01. The molecule has 1 atom stereocenters. The lowest BCUT2D eigenvalue weighted by Gasteiger charge is -2.09. The summed E-state index contributed by atoms with van der Waals surface area (Å²) in [7, 11) is 0. The van der Waals surface area contributed by atoms with E-state index in [0.29, 0.717) is 18.3 Å². The van der Waals surface area contributed by atoms with Crippen LogP contribution >= 0.6 is 0 Å². The van der Waals surface area contributed by atoms with Gasteiger partial charge in [-0.25, -0.2) is 0 Å². The van der Waals surface area contributed by atoms with Crippen LogP contribution in [0, 0.1) is 23.2 Å². The highest BCUT2D eigenvalue weighted by Gasteiger charge is 2.04. The van der Waals surface area contributed by atoms with Gasteiger partial charge in [-0.3, -0.25) is 0 Å². The van der Waals surface area contributed by atoms with E-state index in [1.54, 1.807) is 0 Å². The van der Waals surface area contributed by atoms with E-state index in [2.05, 4.69) is 26.8 Å². The second-order valence-electron chi connectivity index (χ2n) is 2.58. The molecule has 1 nitrogen and oxygen atoms in total. The maximum absolute atomic E-state index is 8.24. The third kappa shape index (κ3) is 2.63. The largest absolute Gasteiger partial charge is 0.198 e. The average Bonchev–Trinajstić information content (AvgIpc) is 1.67. The molecule has 0 aromatic carbocycles. The van der Waals surface area contributed by atoms with E-state index < -0.39 is 0 Å². The minimum Gasteiger partial charge on any atom is -0.198 e. The lowest BCUT2D eigenvalue weighted by atomic mass is 9.96. The molecule has 0 amide bonds. The van der Waals surface area contributed by atoms with Crippen LogP contribution in [0.15, 0.2) is 0 Å². The number of hydrogen-bond acceptors (Lipinski definition) is 1. The summed E-state index contributed by atoms with van der Waals surface area (Å²) in [6.45, 7) is 6.39. The lowest BCUT2D eigenvalue weighted by molar-refractivity contribution is 0.427. The Morgan fingerprint density at radius 2 is 1.88 bits per heavy atom. The third-order valence-electron chi connectivity index (χ3n) is 1.55. The van der Waals surface area contributed by atoms with Crippen LogP contribution in [-0.4, -0.2) is 0 Å². The van der Waals surface area contributed by atoms with Crippen LogP contribution < -0.4 is 0 Å². The molecule has 0 aliphatic rings. The molecule has 0 aromatic rings. The topological polar surface area (TPSA) is 23.8 Å². The molecule has 0 heterocycles. The van der Waals surface area contributed by atoms with Gasteiger partial charge in [0.2, 0.25) is 0 Å². The Balaban J connectivity index is 3.35. The van der Waals surface area contributed by atoms with E-state index in [1.807, 2.05) is 0 Å². The third-order valence-corrected chi connectivity index (χ3v) is 1.55. The molecule has 0 unspecified atom stereocenters. The fourth-order valence-corrected chi connectivity index (χ4v) is 0.380. The van der Waals surface area contributed by atoms with Crippen molar-refractivity contribution in [2.45, 2.75) is 27.2 Å². The van der Waals surface area contributed by atoms with Gasteiger partial charge >= 0.3 is 0 Å². The number of hydrogen-bond donors (Lipinski definition) is 0. The van der Waals surface area contributed by atoms with Gasteiger partial charge in [-0.1, -0.05) is 20.8 Å². The summed E-state index contributed by atoms with van der Waals surface area (Å²) < 4.78 is 0. The zero-order valence-corrected chi connectivity index (χ0v) is 5.81. The predicted octanol–water partition coefficient (Wildman–Crippen LogP) is 2.19. The van der Waals surface area contributed by atoms with Crippen LogP contribution in [0.4, 0.5) is 0 Å². The minimum absolute atomic E-state index is 0.556. The summed E-state index contributed by atoms with van der Waals surface area (Å²) in [5.74, 6) is 1.20. The second-order valence-corrected chi connectivity index (χ2v) is 2.58. The van der Waals surface area contributed by atoms with Gasteiger partial charge in [0, 0.05) is 6.42 Å². The van der Waals surface area contributed by atoms with Crippen LogP contribution in [0.2, 0.25) is 0 Å². The van der Waals surface area contributed by atoms with Crippen LogP contribution in [-0.2, 0) is 0 Å². The maximum atomic E-state index is 8.24. The number of nitriles is 1. The minimum atomic E-state index is 0.556. The van der Waals surface area contributed by atoms with Crippen molar-refractivity contribution in [3.05, 3.63) is 0 Å². The first-order chi connectivity index (χ1) is 3.68. The number of nitrogens with zero attached hydrogens (tertiary/aromatic N) is 1. The van der Waals surface area contributed by atoms with Crippen molar-refractivity contribution < 1.29 is 0 Å². The van der Waals surface area contributed by atoms with Crippen LogP contribution in [0.25, 0.3) is 0 Å². The van der Waals surface area contributed by atoms with Crippen molar-refractivity contribution in [2.24, 2.45) is 11.8 Å². The van der Waals surface area contributed by atoms with E-state index >= 15 is 0 Å². The molecule has 0 bridgehead atoms. The van der Waals surface area contributed by atoms with E-state index in [1.165, 1.54) is 0 Å². The maximum Gasteiger partial charge on any atom is 0.0624 e. The van der Waals surface area contributed by atoms with Crippen molar-refractivity contribution in [3.63, 3.8) is 0 Å². The van der Waals surface area contributed by atoms with Crippen molar-refractivity contribution >= 4 is 0 Å². The van der Waals surface area contributed by atoms with Gasteiger partial charge in [0.1, 0.15) is 0 Å². The molecule has 0 aliphatic heterocycles. The summed E-state index contributed by atoms with van der Waals surface area (Å²) in [6, 6.07) is 2.15. The smallest absolute Gasteiger partial charge is 0.0624 e. The molecule has 0 rings (SSSR count). The SMILES string of the molecule is CC(C)[C@H](C)CC#N. The predicted molar refractivity (Wildman–Crippen MR) is 34.2 cm³/mol. The average molecular weight is 111 g/mol. The molecule has 0 saturated heterocycles. The fourth-order valence-electron chi connectivity index (χ4n) is 0.380. The van der Waals surface area contributed by atoms with Crippen molar-refractivity contribution in [2.75, 3.05) is 0 Å². The molecule has 0 spiro atoms. The molecule has 0 aromatic heterocycles. The highest BCUT2D eigenvalue weighted by molar-refractivity contribution is 4.74. The van der Waals surface area contributed by atoms with E-state index in [-0.39, 0.29) is 0 Å². The van der Waals surface area contributed by atoms with E-state index in [9.17, 15) is 0 Å². The Labute approximate surface area is 51.3 Å². The first kappa shape index (κ1) is 7.49. The summed E-state index contributed by atoms with van der Waals surface area (Å²) in [5.41, 5.74) is 0. The summed E-state index contributed by atoms with van der Waals surface area (Å²) in [6.07, 6.45) is 0.692. The Morgan fingerprint density at radius 1 is 1.38 bits per heavy atom. The first-order valence-corrected chi connectivity index (χ1v) is 3.05. The van der Waals surface area contributed by atoms with E-state index in [0.717, 1.165) is 0 Å². The Kier molecular flexibility index (Phi) is 3.26. The molecule has 0 aliphatic carbocycles. The van der Waals surface area contributed by atoms with Gasteiger partial charge in [-0.15, -0.1) is 0 Å². The zero-order chi connectivity index (χ0) is 6.57. The number of rotatable bonds is 2. The standard InChI is InChI=1S/C7H13N/c1-6(2)7(3)4-5-8/h6-7H,4H2,1-3H3/t7-/m1/s1. The first-order valence-electron chi connectivity index (χ1n) is 3.05. The molecule has 8 heavy (non-hydrogen) atoms. The zero-order valence-electron chi connectivity index (χ0n) is 5.81. The molecular weight excluding hydrogens is 98.1 g/mol. The van der Waals surface area contributed by atoms with Gasteiger partial charge in [0.25, 0.3) is 0 Å². The fraction of sp³-hybridized carbons (Fsp3) is 0.857. The van der Waals surface area contributed by atoms with Gasteiger partial charge in [-0.2, -0.15) is 5.26 Å². The van der Waals surface area contributed by atoms with Crippen molar-refractivity contribution in [1.82, 2.24) is 0 Å². The van der Waals surface area contributed by atoms with Crippen LogP contribution in [0.3, 0.4) is 0 Å². The molecule has 0 radical (unpaired) electrons. The van der Waals surface area contributed by atoms with E-state index in [4.69, 9.17) is 5.26 Å². The van der Waals surface area contributed by atoms with Crippen LogP contribution in [0.5, 0.6) is 0 Å². The van der Waals surface area contributed by atoms with Crippen molar-refractivity contribution in [3.8, 4) is 6.07 Å². The molecule has 0 fully saturated rings. The summed E-state index contributed by atoms with van der Waals surface area (Å²) in [4.78, 5) is 0. The van der Waals surface area contributed by atoms with Gasteiger partial charge in [0.05, 0.1) is 6.07 Å². The van der Waals surface area contributed by atoms with Crippen molar-refractivity contribution in [1.29, 1.82) is 5.26 Å². The monoisotopic (exact) mass is 111 g/mol. The molecule has 0 saturated carbocycles.